The third-order valence-electron chi connectivity index (χ3n) is 3.97. The molecule has 0 aliphatic heterocycles. The molecule has 0 saturated heterocycles. The van der Waals surface area contributed by atoms with Crippen LogP contribution < -0.4 is 5.32 Å². The van der Waals surface area contributed by atoms with E-state index in [0.29, 0.717) is 0 Å². The minimum Gasteiger partial charge on any atom is -0.383 e. The number of rotatable bonds is 7. The minimum atomic E-state index is -0.755. The molecule has 6 nitrogen and oxygen atoms in total. The number of nitrogens with one attached hydrogen (secondary N) is 1. The van der Waals surface area contributed by atoms with Gasteiger partial charge in [0.25, 0.3) is 11.8 Å². The van der Waals surface area contributed by atoms with E-state index in [9.17, 15) is 9.59 Å². The van der Waals surface area contributed by atoms with E-state index in [0.717, 1.165) is 23.0 Å². The Kier molecular flexibility index (Phi) is 7.61. The van der Waals surface area contributed by atoms with Gasteiger partial charge in [-0.3, -0.25) is 9.59 Å². The highest BCUT2D eigenvalue weighted by Crippen LogP contribution is 2.17. The van der Waals surface area contributed by atoms with Crippen LogP contribution in [0.2, 0.25) is 0 Å². The van der Waals surface area contributed by atoms with Gasteiger partial charge in [0.2, 0.25) is 6.10 Å². The summed E-state index contributed by atoms with van der Waals surface area (Å²) in [5.74, 6) is -0.560. The molecule has 0 spiro atoms. The molecule has 0 bridgehead atoms. The predicted molar refractivity (Wildman–Crippen MR) is 101 cm³/mol. The highest BCUT2D eigenvalue weighted by molar-refractivity contribution is 6.31. The molecule has 138 valence electrons. The number of carbonyl (C=O) groups is 2. The second-order valence-corrected chi connectivity index (χ2v) is 6.65. The average molecular weight is 347 g/mol. The lowest BCUT2D eigenvalue weighted by Crippen LogP contribution is -2.46. The Hall–Kier alpha value is -2.37. The molecule has 1 atom stereocenters. The van der Waals surface area contributed by atoms with E-state index in [2.05, 4.69) is 10.5 Å². The summed E-state index contributed by atoms with van der Waals surface area (Å²) in [6.07, 6.45) is 0.287. The molecule has 2 amide bonds. The third kappa shape index (κ3) is 5.89. The van der Waals surface area contributed by atoms with Crippen LogP contribution in [0, 0.1) is 13.8 Å². The summed E-state index contributed by atoms with van der Waals surface area (Å²) in [6, 6.07) is 5.80. The number of aryl methyl sites for hydroxylation is 1. The van der Waals surface area contributed by atoms with Crippen molar-refractivity contribution in [2.45, 2.75) is 66.7 Å². The van der Waals surface area contributed by atoms with Gasteiger partial charge in [-0.2, -0.15) is 0 Å². The fourth-order valence-electron chi connectivity index (χ4n) is 2.58. The van der Waals surface area contributed by atoms with E-state index in [-0.39, 0.29) is 18.0 Å². The Bertz CT molecular complexity index is 631. The van der Waals surface area contributed by atoms with Crippen molar-refractivity contribution < 1.29 is 14.4 Å². The summed E-state index contributed by atoms with van der Waals surface area (Å²) >= 11 is 0. The van der Waals surface area contributed by atoms with Gasteiger partial charge in [-0.25, -0.2) is 0 Å². The van der Waals surface area contributed by atoms with Gasteiger partial charge in [0.15, 0.2) is 0 Å². The number of anilines is 1. The van der Waals surface area contributed by atoms with Crippen LogP contribution in [0.3, 0.4) is 0 Å². The van der Waals surface area contributed by atoms with Crippen molar-refractivity contribution in [3.63, 3.8) is 0 Å². The maximum atomic E-state index is 12.4. The number of nitrogens with zero attached hydrogens (tertiary/aromatic N) is 2. The average Bonchev–Trinajstić information content (AvgIpc) is 2.51. The number of carbonyl (C=O) groups excluding carboxylic acids is 2. The molecule has 0 radical (unpaired) electrons. The molecule has 0 heterocycles. The van der Waals surface area contributed by atoms with Crippen LogP contribution in [0.5, 0.6) is 0 Å². The Balaban J connectivity index is 2.62. The molecule has 1 rings (SSSR count). The van der Waals surface area contributed by atoms with Crippen molar-refractivity contribution in [1.29, 1.82) is 0 Å². The Morgan fingerprint density at radius 2 is 1.72 bits per heavy atom. The molecule has 0 aliphatic rings. The van der Waals surface area contributed by atoms with Crippen molar-refractivity contribution in [3.8, 4) is 0 Å². The maximum Gasteiger partial charge on any atom is 0.270 e. The zero-order valence-electron chi connectivity index (χ0n) is 16.2. The first-order chi connectivity index (χ1) is 11.6. The summed E-state index contributed by atoms with van der Waals surface area (Å²) in [4.78, 5) is 31.2. The van der Waals surface area contributed by atoms with E-state index >= 15 is 0 Å². The van der Waals surface area contributed by atoms with Gasteiger partial charge in [0.05, 0.1) is 0 Å². The lowest BCUT2D eigenvalue weighted by atomic mass is 10.1. The van der Waals surface area contributed by atoms with Crippen LogP contribution in [0.1, 0.15) is 45.7 Å². The van der Waals surface area contributed by atoms with Crippen LogP contribution >= 0.6 is 0 Å². The lowest BCUT2D eigenvalue weighted by Gasteiger charge is -2.32. The topological polar surface area (TPSA) is 71.0 Å². The van der Waals surface area contributed by atoms with Crippen molar-refractivity contribution in [2.24, 2.45) is 5.16 Å². The van der Waals surface area contributed by atoms with Crippen molar-refractivity contribution >= 4 is 23.7 Å². The third-order valence-corrected chi connectivity index (χ3v) is 3.97. The Morgan fingerprint density at radius 1 is 1.12 bits per heavy atom. The quantitative estimate of drug-likeness (QED) is 0.608. The molecular formula is C19H29N3O3. The van der Waals surface area contributed by atoms with E-state index < -0.39 is 12.0 Å². The molecule has 0 aliphatic carbocycles. The van der Waals surface area contributed by atoms with Crippen LogP contribution in [0.15, 0.2) is 23.4 Å². The van der Waals surface area contributed by atoms with Gasteiger partial charge in [0, 0.05) is 17.8 Å². The van der Waals surface area contributed by atoms with Crippen molar-refractivity contribution in [2.75, 3.05) is 5.32 Å². The number of benzene rings is 1. The Morgan fingerprint density at radius 3 is 2.28 bits per heavy atom. The lowest BCUT2D eigenvalue weighted by molar-refractivity contribution is -0.146. The summed E-state index contributed by atoms with van der Waals surface area (Å²) in [5.41, 5.74) is 2.82. The first-order valence-corrected chi connectivity index (χ1v) is 8.53. The highest BCUT2D eigenvalue weighted by atomic mass is 16.6. The first-order valence-electron chi connectivity index (χ1n) is 8.53. The molecule has 0 aromatic heterocycles. The van der Waals surface area contributed by atoms with Gasteiger partial charge in [-0.15, -0.1) is 0 Å². The Labute approximate surface area is 150 Å². The van der Waals surface area contributed by atoms with Gasteiger partial charge in [0.1, 0.15) is 6.21 Å². The van der Waals surface area contributed by atoms with E-state index in [1.54, 1.807) is 11.8 Å². The fraction of sp³-hybridized carbons (Fsp3) is 0.526. The summed E-state index contributed by atoms with van der Waals surface area (Å²) in [7, 11) is 0. The molecule has 1 aromatic carbocycles. The summed E-state index contributed by atoms with van der Waals surface area (Å²) in [5, 5.41) is 6.41. The predicted octanol–water partition coefficient (Wildman–Crippen LogP) is 3.28. The van der Waals surface area contributed by atoms with E-state index in [1.807, 2.05) is 59.7 Å². The fourth-order valence-corrected chi connectivity index (χ4v) is 2.58. The molecule has 1 unspecified atom stereocenters. The number of oxime groups is 1. The van der Waals surface area contributed by atoms with Crippen LogP contribution in [0.25, 0.3) is 0 Å². The van der Waals surface area contributed by atoms with Crippen LogP contribution in [0.4, 0.5) is 5.69 Å². The normalized spacial score (nSPS) is 12.5. The standard InChI is InChI=1S/C19H29N3O3/c1-12(2)22(13(3)4)19(24)16(7)25-20-11-18(23)21-17-10-8-9-14(5)15(17)6/h8-13,16H,1-7H3,(H,21,23). The molecule has 1 aromatic rings. The van der Waals surface area contributed by atoms with Gasteiger partial charge >= 0.3 is 0 Å². The molecule has 0 saturated carbocycles. The van der Waals surface area contributed by atoms with E-state index in [1.165, 1.54) is 0 Å². The smallest absolute Gasteiger partial charge is 0.270 e. The van der Waals surface area contributed by atoms with Gasteiger partial charge < -0.3 is 15.1 Å². The van der Waals surface area contributed by atoms with Crippen LogP contribution in [-0.2, 0) is 14.4 Å². The first kappa shape index (κ1) is 20.7. The number of hydrogen-bond donors (Lipinski definition) is 1. The summed E-state index contributed by atoms with van der Waals surface area (Å²) < 4.78 is 0. The van der Waals surface area contributed by atoms with Gasteiger partial charge in [-0.1, -0.05) is 17.3 Å². The second kappa shape index (κ2) is 9.20. The number of amides is 2. The maximum absolute atomic E-state index is 12.4. The zero-order valence-corrected chi connectivity index (χ0v) is 16.2. The van der Waals surface area contributed by atoms with Crippen LogP contribution in [-0.4, -0.2) is 41.1 Å². The largest absolute Gasteiger partial charge is 0.383 e. The molecular weight excluding hydrogens is 318 g/mol. The van der Waals surface area contributed by atoms with Crippen molar-refractivity contribution in [1.82, 2.24) is 4.90 Å². The molecule has 6 heteroatoms. The SMILES string of the molecule is Cc1cccc(NC(=O)C=NOC(C)C(=O)N(C(C)C)C(C)C)c1C. The van der Waals surface area contributed by atoms with Crippen molar-refractivity contribution in [3.05, 3.63) is 29.3 Å². The summed E-state index contributed by atoms with van der Waals surface area (Å²) in [6.45, 7) is 13.3. The monoisotopic (exact) mass is 347 g/mol. The second-order valence-electron chi connectivity index (χ2n) is 6.65. The van der Waals surface area contributed by atoms with Gasteiger partial charge in [-0.05, 0) is 65.7 Å². The zero-order chi connectivity index (χ0) is 19.1. The molecule has 1 N–H and O–H groups in total. The minimum absolute atomic E-state index is 0.0649. The number of hydrogen-bond acceptors (Lipinski definition) is 4. The highest BCUT2D eigenvalue weighted by Gasteiger charge is 2.26. The van der Waals surface area contributed by atoms with E-state index in [4.69, 9.17) is 4.84 Å². The molecule has 25 heavy (non-hydrogen) atoms. The molecule has 0 fully saturated rings.